The molecule has 0 N–H and O–H groups in total. The average molecular weight is 387 g/mol. The lowest BCUT2D eigenvalue weighted by Crippen LogP contribution is -2.33. The maximum absolute atomic E-state index is 11.9. The Balaban J connectivity index is 1.48. The number of pyridine rings is 1. The van der Waals surface area contributed by atoms with Crippen LogP contribution < -0.4 is 4.90 Å². The van der Waals surface area contributed by atoms with Crippen molar-refractivity contribution in [3.8, 4) is 0 Å². The summed E-state index contributed by atoms with van der Waals surface area (Å²) in [6, 6.07) is 5.97. The maximum atomic E-state index is 11.9. The number of carbonyl (C=O) groups is 1. The first-order valence-corrected chi connectivity index (χ1v) is 9.69. The normalized spacial score (nSPS) is 15.8. The topological polar surface area (TPSA) is 84.6 Å². The number of aromatic nitrogens is 3. The summed E-state index contributed by atoms with van der Waals surface area (Å²) in [5.41, 5.74) is -0.486. The third kappa shape index (κ3) is 5.76. The van der Waals surface area contributed by atoms with E-state index in [4.69, 9.17) is 9.15 Å². The molecule has 3 heterocycles. The van der Waals surface area contributed by atoms with E-state index in [9.17, 15) is 4.79 Å². The van der Waals surface area contributed by atoms with Gasteiger partial charge in [-0.15, -0.1) is 10.2 Å². The molecule has 0 aliphatic carbocycles. The molecule has 1 aliphatic heterocycles. The van der Waals surface area contributed by atoms with Gasteiger partial charge < -0.3 is 14.1 Å². The molecule has 1 saturated heterocycles. The van der Waals surface area contributed by atoms with E-state index in [2.05, 4.69) is 20.1 Å². The molecule has 0 aromatic carbocycles. The summed E-state index contributed by atoms with van der Waals surface area (Å²) in [6.07, 6.45) is 3.72. The van der Waals surface area contributed by atoms with Gasteiger partial charge in [0.25, 0.3) is 0 Å². The van der Waals surface area contributed by atoms with Crippen molar-refractivity contribution in [2.45, 2.75) is 51.7 Å². The third-order valence-corrected chi connectivity index (χ3v) is 4.52. The van der Waals surface area contributed by atoms with E-state index < -0.39 is 5.60 Å². The van der Waals surface area contributed by atoms with Gasteiger partial charge in [0.1, 0.15) is 11.4 Å². The molecule has 8 heteroatoms. The van der Waals surface area contributed by atoms with E-state index in [0.717, 1.165) is 31.7 Å². The largest absolute Gasteiger partial charge is 0.459 e. The highest BCUT2D eigenvalue weighted by molar-refractivity contribution is 5.72. The van der Waals surface area contributed by atoms with Crippen molar-refractivity contribution in [3.05, 3.63) is 36.2 Å². The predicted molar refractivity (Wildman–Crippen MR) is 105 cm³/mol. The summed E-state index contributed by atoms with van der Waals surface area (Å²) in [4.78, 5) is 20.4. The molecule has 0 amide bonds. The van der Waals surface area contributed by atoms with E-state index in [1.54, 1.807) is 0 Å². The fourth-order valence-electron chi connectivity index (χ4n) is 3.27. The van der Waals surface area contributed by atoms with E-state index >= 15 is 0 Å². The highest BCUT2D eigenvalue weighted by Crippen LogP contribution is 2.29. The fraction of sp³-hybridized carbons (Fsp3) is 0.600. The number of carbonyl (C=O) groups excluding carboxylic acids is 1. The van der Waals surface area contributed by atoms with Crippen LogP contribution in [0.1, 0.15) is 51.3 Å². The van der Waals surface area contributed by atoms with Crippen molar-refractivity contribution in [1.82, 2.24) is 20.1 Å². The van der Waals surface area contributed by atoms with Crippen LogP contribution in [0.3, 0.4) is 0 Å². The number of hydrogen-bond acceptors (Lipinski definition) is 8. The van der Waals surface area contributed by atoms with Gasteiger partial charge in [0.2, 0.25) is 11.8 Å². The number of ether oxygens (including phenoxy) is 1. The molecule has 2 aromatic heterocycles. The molecule has 152 valence electrons. The van der Waals surface area contributed by atoms with Crippen LogP contribution in [0.15, 0.2) is 28.8 Å². The van der Waals surface area contributed by atoms with Crippen molar-refractivity contribution in [2.75, 3.05) is 31.6 Å². The minimum absolute atomic E-state index is 0.178. The summed E-state index contributed by atoms with van der Waals surface area (Å²) < 4.78 is 11.2. The van der Waals surface area contributed by atoms with Gasteiger partial charge in [-0.1, -0.05) is 6.07 Å². The van der Waals surface area contributed by atoms with Crippen LogP contribution in [0.2, 0.25) is 0 Å². The van der Waals surface area contributed by atoms with Gasteiger partial charge in [0.05, 0.1) is 13.1 Å². The standard InChI is InChI=1S/C20H29N5O3/c1-20(2,3)28-18(26)14-24(4)13-17-22-23-19(27-17)15-8-11-25(12-9-15)16-7-5-6-10-21-16/h5-7,10,15H,8-9,11-14H2,1-4H3. The molecular weight excluding hydrogens is 358 g/mol. The lowest BCUT2D eigenvalue weighted by Gasteiger charge is -2.31. The minimum Gasteiger partial charge on any atom is -0.459 e. The number of rotatable bonds is 6. The second-order valence-electron chi connectivity index (χ2n) is 8.24. The van der Waals surface area contributed by atoms with E-state index in [1.807, 2.05) is 57.1 Å². The molecule has 0 radical (unpaired) electrons. The molecule has 2 aromatic rings. The van der Waals surface area contributed by atoms with Crippen LogP contribution in [-0.4, -0.2) is 58.3 Å². The third-order valence-electron chi connectivity index (χ3n) is 4.52. The summed E-state index contributed by atoms with van der Waals surface area (Å²) >= 11 is 0. The van der Waals surface area contributed by atoms with E-state index in [-0.39, 0.29) is 18.4 Å². The molecule has 28 heavy (non-hydrogen) atoms. The van der Waals surface area contributed by atoms with Crippen LogP contribution in [0.4, 0.5) is 5.82 Å². The van der Waals surface area contributed by atoms with Gasteiger partial charge in [0, 0.05) is 25.2 Å². The summed E-state index contributed by atoms with van der Waals surface area (Å²) in [5, 5.41) is 8.39. The Morgan fingerprint density at radius 3 is 2.68 bits per heavy atom. The lowest BCUT2D eigenvalue weighted by molar-refractivity contribution is -0.155. The zero-order valence-electron chi connectivity index (χ0n) is 17.1. The second kappa shape index (κ2) is 8.68. The molecule has 0 atom stereocenters. The number of likely N-dealkylation sites (N-methyl/N-ethyl adjacent to an activating group) is 1. The van der Waals surface area contributed by atoms with Crippen molar-refractivity contribution in [1.29, 1.82) is 0 Å². The molecular formula is C20H29N5O3. The monoisotopic (exact) mass is 387 g/mol. The van der Waals surface area contributed by atoms with Crippen LogP contribution in [0, 0.1) is 0 Å². The van der Waals surface area contributed by atoms with Gasteiger partial charge in [0.15, 0.2) is 0 Å². The van der Waals surface area contributed by atoms with Crippen molar-refractivity contribution in [2.24, 2.45) is 0 Å². The van der Waals surface area contributed by atoms with Crippen molar-refractivity contribution < 1.29 is 13.9 Å². The Bertz CT molecular complexity index is 764. The first-order valence-electron chi connectivity index (χ1n) is 9.69. The molecule has 8 nitrogen and oxygen atoms in total. The van der Waals surface area contributed by atoms with Crippen LogP contribution in [0.5, 0.6) is 0 Å². The molecule has 0 spiro atoms. The molecule has 3 rings (SSSR count). The first kappa shape index (κ1) is 20.3. The number of nitrogens with zero attached hydrogens (tertiary/aromatic N) is 5. The van der Waals surface area contributed by atoms with Gasteiger partial charge in [-0.05, 0) is 52.8 Å². The van der Waals surface area contributed by atoms with E-state index in [0.29, 0.717) is 18.3 Å². The van der Waals surface area contributed by atoms with E-state index in [1.165, 1.54) is 0 Å². The number of hydrogen-bond donors (Lipinski definition) is 0. The molecule has 0 unspecified atom stereocenters. The SMILES string of the molecule is CN(CC(=O)OC(C)(C)C)Cc1nnc(C2CCN(c3ccccn3)CC2)o1. The highest BCUT2D eigenvalue weighted by Gasteiger charge is 2.26. The van der Waals surface area contributed by atoms with Gasteiger partial charge in [-0.2, -0.15) is 0 Å². The fourth-order valence-corrected chi connectivity index (χ4v) is 3.27. The van der Waals surface area contributed by atoms with Crippen molar-refractivity contribution in [3.63, 3.8) is 0 Å². The highest BCUT2D eigenvalue weighted by atomic mass is 16.6. The maximum Gasteiger partial charge on any atom is 0.320 e. The van der Waals surface area contributed by atoms with Crippen LogP contribution in [-0.2, 0) is 16.1 Å². The second-order valence-corrected chi connectivity index (χ2v) is 8.24. The summed E-state index contributed by atoms with van der Waals surface area (Å²) in [6.45, 7) is 7.99. The Morgan fingerprint density at radius 2 is 2.04 bits per heavy atom. The van der Waals surface area contributed by atoms with Gasteiger partial charge in [-0.25, -0.2) is 4.98 Å². The molecule has 0 saturated carbocycles. The minimum atomic E-state index is -0.486. The van der Waals surface area contributed by atoms with Crippen LogP contribution in [0.25, 0.3) is 0 Å². The summed E-state index contributed by atoms with van der Waals surface area (Å²) in [5.74, 6) is 2.21. The van der Waals surface area contributed by atoms with Gasteiger partial charge >= 0.3 is 5.97 Å². The zero-order valence-corrected chi connectivity index (χ0v) is 17.1. The first-order chi connectivity index (χ1) is 13.3. The lowest BCUT2D eigenvalue weighted by atomic mass is 9.97. The Labute approximate surface area is 165 Å². The number of esters is 1. The predicted octanol–water partition coefficient (Wildman–Crippen LogP) is 2.62. The Hall–Kier alpha value is -2.48. The molecule has 0 bridgehead atoms. The zero-order chi connectivity index (χ0) is 20.1. The molecule has 1 fully saturated rings. The Kier molecular flexibility index (Phi) is 6.28. The average Bonchev–Trinajstić information content (AvgIpc) is 3.09. The molecule has 1 aliphatic rings. The van der Waals surface area contributed by atoms with Gasteiger partial charge in [-0.3, -0.25) is 9.69 Å². The van der Waals surface area contributed by atoms with Crippen LogP contribution >= 0.6 is 0 Å². The number of anilines is 1. The Morgan fingerprint density at radius 1 is 1.29 bits per heavy atom. The number of piperidine rings is 1. The quantitative estimate of drug-likeness (QED) is 0.700. The summed E-state index contributed by atoms with van der Waals surface area (Å²) in [7, 11) is 1.83. The van der Waals surface area contributed by atoms with Crippen molar-refractivity contribution >= 4 is 11.8 Å². The smallest absolute Gasteiger partial charge is 0.320 e.